The van der Waals surface area contributed by atoms with Crippen LogP contribution >= 0.6 is 0 Å². The minimum atomic E-state index is -3.16. The van der Waals surface area contributed by atoms with E-state index < -0.39 is 22.8 Å². The summed E-state index contributed by atoms with van der Waals surface area (Å²) in [7, 11) is 2.30. The maximum absolute atomic E-state index is 12.7. The highest BCUT2D eigenvalue weighted by Crippen LogP contribution is 2.23. The molecule has 0 saturated heterocycles. The Morgan fingerprint density at radius 3 is 2.19 bits per heavy atom. The van der Waals surface area contributed by atoms with Gasteiger partial charge < -0.3 is 0 Å². The van der Waals surface area contributed by atoms with Gasteiger partial charge in [-0.05, 0) is 12.1 Å². The predicted molar refractivity (Wildman–Crippen MR) is 52.1 cm³/mol. The summed E-state index contributed by atoms with van der Waals surface area (Å²) in [4.78, 5) is 16.1. The van der Waals surface area contributed by atoms with Gasteiger partial charge in [0.05, 0.1) is 7.11 Å². The van der Waals surface area contributed by atoms with Crippen LogP contribution in [0.3, 0.4) is 0 Å². The van der Waals surface area contributed by atoms with E-state index in [1.165, 1.54) is 19.2 Å². The molecule has 6 heteroatoms. The van der Waals surface area contributed by atoms with Gasteiger partial charge in [-0.1, -0.05) is 4.65 Å². The van der Waals surface area contributed by atoms with Crippen LogP contribution in [-0.4, -0.2) is 26.5 Å². The Morgan fingerprint density at radius 2 is 1.81 bits per heavy atom. The highest BCUT2D eigenvalue weighted by Gasteiger charge is 2.42. The molecule has 1 amide bonds. The molecule has 0 aliphatic carbocycles. The summed E-state index contributed by atoms with van der Waals surface area (Å²) in [5.74, 6) is -1.93. The van der Waals surface area contributed by atoms with Crippen molar-refractivity contribution in [2.24, 2.45) is 0 Å². The van der Waals surface area contributed by atoms with Crippen LogP contribution in [0.5, 0.6) is 0 Å². The van der Waals surface area contributed by atoms with Gasteiger partial charge in [0.25, 0.3) is 0 Å². The molecule has 1 atom stereocenters. The van der Waals surface area contributed by atoms with Crippen molar-refractivity contribution < 1.29 is 22.8 Å². The Bertz CT molecular complexity index is 380. The summed E-state index contributed by atoms with van der Waals surface area (Å²) in [6.07, 6.45) is -3.16. The Hall–Kier alpha value is -1.40. The number of carbonyl (C=O) groups excluding carboxylic acids is 1. The van der Waals surface area contributed by atoms with Crippen LogP contribution in [0, 0.1) is 5.82 Å². The average Bonchev–Trinajstić information content (AvgIpc) is 2.27. The molecule has 16 heavy (non-hydrogen) atoms. The molecular weight excluding hydrogens is 223 g/mol. The molecule has 0 bridgehead atoms. The minimum Gasteiger partial charge on any atom is -0.220 e. The smallest absolute Gasteiger partial charge is 0.220 e. The Kier molecular flexibility index (Phi) is 3.66. The lowest BCUT2D eigenvalue weighted by Crippen LogP contribution is -2.52. The van der Waals surface area contributed by atoms with Crippen LogP contribution in [0.2, 0.25) is 0 Å². The van der Waals surface area contributed by atoms with Crippen molar-refractivity contribution in [1.29, 1.82) is 0 Å². The molecule has 0 N–H and O–H groups in total. The fourth-order valence-corrected chi connectivity index (χ4v) is 1.23. The van der Waals surface area contributed by atoms with Crippen LogP contribution in [0.15, 0.2) is 24.3 Å². The van der Waals surface area contributed by atoms with E-state index in [0.717, 1.165) is 19.2 Å². The largest absolute Gasteiger partial charge is 0.417 e. The number of hydrogen-bond acceptors (Lipinski definition) is 2. The number of benzene rings is 1. The van der Waals surface area contributed by atoms with Crippen LogP contribution in [0.1, 0.15) is 0 Å². The molecule has 0 heterocycles. The van der Waals surface area contributed by atoms with Gasteiger partial charge in [-0.2, -0.15) is 13.6 Å². The van der Waals surface area contributed by atoms with Crippen molar-refractivity contribution in [2.45, 2.75) is 6.43 Å². The van der Waals surface area contributed by atoms with E-state index in [0.29, 0.717) is 0 Å². The van der Waals surface area contributed by atoms with E-state index >= 15 is 0 Å². The zero-order chi connectivity index (χ0) is 12.3. The maximum Gasteiger partial charge on any atom is 0.417 e. The zero-order valence-corrected chi connectivity index (χ0v) is 8.78. The fourth-order valence-electron chi connectivity index (χ4n) is 1.23. The second-order valence-corrected chi connectivity index (χ2v) is 3.22. The van der Waals surface area contributed by atoms with Gasteiger partial charge in [-0.25, -0.2) is 9.18 Å². The molecule has 0 radical (unpaired) electrons. The first kappa shape index (κ1) is 12.7. The molecule has 0 aromatic heterocycles. The third-order valence-corrected chi connectivity index (χ3v) is 2.29. The van der Waals surface area contributed by atoms with Gasteiger partial charge in [0.2, 0.25) is 0 Å². The number of hydroxylamine groups is 2. The quantitative estimate of drug-likeness (QED) is 0.591. The summed E-state index contributed by atoms with van der Waals surface area (Å²) in [6.45, 7) is 0. The van der Waals surface area contributed by atoms with Crippen molar-refractivity contribution in [3.8, 4) is 0 Å². The summed E-state index contributed by atoms with van der Waals surface area (Å²) in [5, 5.41) is 0. The standard InChI is InChI=1S/C10H11F3NO2/c1-14(16-2,10(15)9(12)13)8-5-3-7(11)4-6-8/h3-6,9H,1-2H3/q+1. The third kappa shape index (κ3) is 2.23. The second kappa shape index (κ2) is 4.63. The summed E-state index contributed by atoms with van der Waals surface area (Å²) >= 11 is 0. The minimum absolute atomic E-state index is 0.134. The molecule has 1 aromatic carbocycles. The van der Waals surface area contributed by atoms with E-state index in [2.05, 4.69) is 0 Å². The van der Waals surface area contributed by atoms with Crippen LogP contribution in [0.4, 0.5) is 18.9 Å². The van der Waals surface area contributed by atoms with Gasteiger partial charge in [-0.3, -0.25) is 0 Å². The van der Waals surface area contributed by atoms with Crippen LogP contribution < -0.4 is 4.65 Å². The number of rotatable bonds is 3. The molecule has 0 spiro atoms. The van der Waals surface area contributed by atoms with E-state index in [1.54, 1.807) is 0 Å². The predicted octanol–water partition coefficient (Wildman–Crippen LogP) is 2.12. The maximum atomic E-state index is 12.7. The van der Waals surface area contributed by atoms with Crippen LogP contribution in [0.25, 0.3) is 0 Å². The number of alkyl halides is 2. The number of nitrogens with zero attached hydrogens (tertiary/aromatic N) is 1. The first-order valence-corrected chi connectivity index (χ1v) is 4.42. The number of amides is 1. The Balaban J connectivity index is 3.14. The van der Waals surface area contributed by atoms with Crippen molar-refractivity contribution in [3.05, 3.63) is 30.1 Å². The first-order chi connectivity index (χ1) is 7.41. The van der Waals surface area contributed by atoms with Crippen molar-refractivity contribution in [1.82, 2.24) is 4.65 Å². The molecule has 0 saturated carbocycles. The van der Waals surface area contributed by atoms with Gasteiger partial charge in [0.15, 0.2) is 5.69 Å². The van der Waals surface area contributed by atoms with Gasteiger partial charge in [0.1, 0.15) is 12.9 Å². The average molecular weight is 234 g/mol. The van der Waals surface area contributed by atoms with Gasteiger partial charge >= 0.3 is 12.3 Å². The molecule has 0 fully saturated rings. The summed E-state index contributed by atoms with van der Waals surface area (Å²) in [6, 6.07) is 4.59. The lowest BCUT2D eigenvalue weighted by atomic mass is 10.3. The van der Waals surface area contributed by atoms with E-state index in [1.807, 2.05) is 0 Å². The third-order valence-electron chi connectivity index (χ3n) is 2.29. The van der Waals surface area contributed by atoms with Crippen molar-refractivity contribution in [3.63, 3.8) is 0 Å². The highest BCUT2D eigenvalue weighted by molar-refractivity contribution is 5.88. The topological polar surface area (TPSA) is 26.3 Å². The van der Waals surface area contributed by atoms with Crippen molar-refractivity contribution in [2.75, 3.05) is 14.2 Å². The Labute approximate surface area is 90.6 Å². The number of carbonyl (C=O) groups is 1. The van der Waals surface area contributed by atoms with Gasteiger partial charge in [0, 0.05) is 12.1 Å². The highest BCUT2D eigenvalue weighted by atomic mass is 19.3. The number of halogens is 3. The molecule has 0 aliphatic rings. The zero-order valence-electron chi connectivity index (χ0n) is 8.78. The molecule has 1 aromatic rings. The molecule has 3 nitrogen and oxygen atoms in total. The molecule has 88 valence electrons. The molecular formula is C10H11F3NO2+. The summed E-state index contributed by atoms with van der Waals surface area (Å²) < 4.78 is 36.3. The molecule has 1 unspecified atom stereocenters. The van der Waals surface area contributed by atoms with Crippen molar-refractivity contribution >= 4 is 11.6 Å². The second-order valence-electron chi connectivity index (χ2n) is 3.22. The molecule has 0 aliphatic heterocycles. The lowest BCUT2D eigenvalue weighted by Gasteiger charge is -2.25. The normalized spacial score (nSPS) is 14.9. The van der Waals surface area contributed by atoms with Gasteiger partial charge in [-0.15, -0.1) is 0 Å². The molecule has 1 rings (SSSR count). The van der Waals surface area contributed by atoms with E-state index in [9.17, 15) is 18.0 Å². The number of hydrogen-bond donors (Lipinski definition) is 0. The SMILES string of the molecule is CO[N+](C)(C(=O)C(F)F)c1ccc(F)cc1. The fraction of sp³-hybridized carbons (Fsp3) is 0.300. The van der Waals surface area contributed by atoms with Crippen LogP contribution in [-0.2, 0) is 9.63 Å². The monoisotopic (exact) mass is 234 g/mol. The lowest BCUT2D eigenvalue weighted by molar-refractivity contribution is -0.176. The summed E-state index contributed by atoms with van der Waals surface area (Å²) in [5.41, 5.74) is 0.134. The first-order valence-electron chi connectivity index (χ1n) is 4.42. The Morgan fingerprint density at radius 1 is 1.31 bits per heavy atom. The van der Waals surface area contributed by atoms with E-state index in [-0.39, 0.29) is 5.69 Å². The number of quaternary nitrogens is 1. The van der Waals surface area contributed by atoms with E-state index in [4.69, 9.17) is 4.84 Å².